The third-order valence-electron chi connectivity index (χ3n) is 7.84. The van der Waals surface area contributed by atoms with Gasteiger partial charge in [-0.25, -0.2) is 4.98 Å². The summed E-state index contributed by atoms with van der Waals surface area (Å²) in [4.78, 5) is 10.7. The van der Waals surface area contributed by atoms with Gasteiger partial charge < -0.3 is 5.11 Å². The Hall–Kier alpha value is -3.20. The van der Waals surface area contributed by atoms with E-state index in [-0.39, 0.29) is 43.1 Å². The van der Waals surface area contributed by atoms with Crippen LogP contribution in [0.5, 0.6) is 5.75 Å². The fourth-order valence-corrected chi connectivity index (χ4v) is 5.85. The molecule has 0 fully saturated rings. The van der Waals surface area contributed by atoms with Crippen LogP contribution in [0.3, 0.4) is 0 Å². The van der Waals surface area contributed by atoms with Crippen molar-refractivity contribution in [3.05, 3.63) is 114 Å². The molecule has 0 aliphatic carbocycles. The zero-order chi connectivity index (χ0) is 31.9. The van der Waals surface area contributed by atoms with Gasteiger partial charge in [-0.05, 0) is 74.5 Å². The summed E-state index contributed by atoms with van der Waals surface area (Å²) in [6, 6.07) is 32.7. The number of rotatable bonds is 5. The second-order valence-corrected chi connectivity index (χ2v) is 15.7. The normalized spacial score (nSPS) is 12.1. The smallest absolute Gasteiger partial charge is 0.124 e. The minimum atomic E-state index is -0.0793. The van der Waals surface area contributed by atoms with Gasteiger partial charge in [0.05, 0.1) is 10.7 Å². The molecule has 0 saturated carbocycles. The largest absolute Gasteiger partial charge is 0.507 e. The van der Waals surface area contributed by atoms with Crippen molar-refractivity contribution in [3.63, 3.8) is 0 Å². The van der Waals surface area contributed by atoms with Crippen LogP contribution in [0.25, 0.3) is 33.6 Å². The Balaban J connectivity index is 0.00000461. The van der Waals surface area contributed by atoms with E-state index in [0.29, 0.717) is 5.56 Å². The van der Waals surface area contributed by atoms with Crippen LogP contribution >= 0.6 is 11.8 Å². The molecule has 3 nitrogen and oxygen atoms in total. The monoisotopic (exact) mass is 794 g/mol. The zero-order valence-corrected chi connectivity index (χ0v) is 30.8. The molecule has 0 atom stereocenters. The number of phenols is 1. The van der Waals surface area contributed by atoms with Gasteiger partial charge in [0.1, 0.15) is 5.75 Å². The van der Waals surface area contributed by atoms with E-state index in [0.717, 1.165) is 38.0 Å². The molecular weight excluding hydrogens is 752 g/mol. The van der Waals surface area contributed by atoms with E-state index >= 15 is 0 Å². The summed E-state index contributed by atoms with van der Waals surface area (Å²) in [6.07, 6.45) is 1.82. The molecule has 0 radical (unpaired) electrons. The molecule has 0 aliphatic rings. The third kappa shape index (κ3) is 8.34. The Morgan fingerprint density at radius 2 is 1.18 bits per heavy atom. The molecule has 0 amide bonds. The summed E-state index contributed by atoms with van der Waals surface area (Å²) in [5, 5.41) is 11.8. The molecule has 3 aromatic carbocycles. The van der Waals surface area contributed by atoms with Crippen LogP contribution in [-0.4, -0.2) is 15.1 Å². The van der Waals surface area contributed by atoms with E-state index in [4.69, 9.17) is 4.98 Å². The van der Waals surface area contributed by atoms with Crippen LogP contribution in [0.2, 0.25) is 0 Å². The van der Waals surface area contributed by atoms with E-state index in [1.807, 2.05) is 42.6 Å². The Kier molecular flexibility index (Phi) is 10.2. The third-order valence-corrected chi connectivity index (χ3v) is 8.73. The first-order valence-corrected chi connectivity index (χ1v) is 16.0. The maximum absolute atomic E-state index is 10.9. The second-order valence-electron chi connectivity index (χ2n) is 14.6. The van der Waals surface area contributed by atoms with Gasteiger partial charge in [0.15, 0.2) is 0 Å². The molecule has 0 aliphatic heterocycles. The van der Waals surface area contributed by atoms with Crippen molar-refractivity contribution >= 4 is 11.8 Å². The Morgan fingerprint density at radius 1 is 0.622 bits per heavy atom. The van der Waals surface area contributed by atoms with E-state index in [1.165, 1.54) is 16.7 Å². The molecule has 0 unspecified atom stereocenters. The van der Waals surface area contributed by atoms with Gasteiger partial charge in [-0.1, -0.05) is 121 Å². The van der Waals surface area contributed by atoms with Gasteiger partial charge >= 0.3 is 0 Å². The van der Waals surface area contributed by atoms with Crippen molar-refractivity contribution in [2.75, 3.05) is 0 Å². The molecule has 2 aromatic heterocycles. The molecule has 1 N–H and O–H groups in total. The maximum atomic E-state index is 10.9. The van der Waals surface area contributed by atoms with Crippen LogP contribution in [0.15, 0.2) is 101 Å². The summed E-state index contributed by atoms with van der Waals surface area (Å²) in [5.74, 6) is 0.209. The minimum Gasteiger partial charge on any atom is -0.507 e. The standard InChI is InChI=1S/C40H43N2OS.Pt/c1-38(2,3)29-18-26(19-30(24-29)39(4,5)6)27-22-34(42-35(23-27)33-14-10-11-15-36(33)43)28-20-31(40(7,8)9)25-32(21-28)44-37-16-12-13-17-41-37;/h10-20,22-25,43H,1-9H3;/q-1;. The van der Waals surface area contributed by atoms with E-state index < -0.39 is 0 Å². The quantitative estimate of drug-likeness (QED) is 0.180. The molecule has 45 heavy (non-hydrogen) atoms. The first-order valence-electron chi connectivity index (χ1n) is 15.2. The summed E-state index contributed by atoms with van der Waals surface area (Å²) in [5.41, 5.74) is 9.01. The number of nitrogens with zero attached hydrogens (tertiary/aromatic N) is 2. The molecule has 5 aromatic rings. The molecule has 0 bridgehead atoms. The molecule has 2 heterocycles. The van der Waals surface area contributed by atoms with Crippen molar-refractivity contribution in [2.45, 2.75) is 88.5 Å². The van der Waals surface area contributed by atoms with Gasteiger partial charge in [-0.2, -0.15) is 0 Å². The number of aromatic nitrogens is 2. The molecule has 236 valence electrons. The topological polar surface area (TPSA) is 46.0 Å². The second kappa shape index (κ2) is 13.3. The van der Waals surface area contributed by atoms with Crippen LogP contribution < -0.4 is 0 Å². The predicted octanol–water partition coefficient (Wildman–Crippen LogP) is 11.0. The van der Waals surface area contributed by atoms with Crippen molar-refractivity contribution in [1.29, 1.82) is 0 Å². The maximum Gasteiger partial charge on any atom is 0.124 e. The van der Waals surface area contributed by atoms with Gasteiger partial charge in [-0.3, -0.25) is 4.98 Å². The van der Waals surface area contributed by atoms with E-state index in [2.05, 4.69) is 116 Å². The van der Waals surface area contributed by atoms with E-state index in [9.17, 15) is 5.11 Å². The molecular formula is C40H43N2OPtS-. The predicted molar refractivity (Wildman–Crippen MR) is 186 cm³/mol. The van der Waals surface area contributed by atoms with Gasteiger partial charge in [0.2, 0.25) is 0 Å². The number of aromatic hydroxyl groups is 1. The summed E-state index contributed by atoms with van der Waals surface area (Å²) >= 11 is 1.61. The Bertz CT molecular complexity index is 1760. The number of para-hydroxylation sites is 1. The first-order chi connectivity index (χ1) is 20.6. The zero-order valence-electron chi connectivity index (χ0n) is 27.7. The molecule has 0 spiro atoms. The van der Waals surface area contributed by atoms with Crippen molar-refractivity contribution in [1.82, 2.24) is 9.97 Å². The fourth-order valence-electron chi connectivity index (χ4n) is 5.01. The molecule has 5 heteroatoms. The summed E-state index contributed by atoms with van der Waals surface area (Å²) in [7, 11) is 0. The minimum absolute atomic E-state index is 0. The van der Waals surface area contributed by atoms with Crippen molar-refractivity contribution in [2.24, 2.45) is 0 Å². The van der Waals surface area contributed by atoms with E-state index in [1.54, 1.807) is 17.8 Å². The average Bonchev–Trinajstić information content (AvgIpc) is 2.96. The van der Waals surface area contributed by atoms with Gasteiger partial charge in [0, 0.05) is 32.8 Å². The number of phenolic OH excluding ortho intramolecular Hbond substituents is 1. The summed E-state index contributed by atoms with van der Waals surface area (Å²) in [6.45, 7) is 20.3. The fraction of sp³-hybridized carbons (Fsp3) is 0.300. The van der Waals surface area contributed by atoms with Crippen LogP contribution in [0.1, 0.15) is 79.0 Å². The van der Waals surface area contributed by atoms with Crippen LogP contribution in [0.4, 0.5) is 0 Å². The van der Waals surface area contributed by atoms with Gasteiger partial charge in [0.25, 0.3) is 0 Å². The first kappa shape index (κ1) is 34.7. The molecule has 5 rings (SSSR count). The van der Waals surface area contributed by atoms with Crippen molar-refractivity contribution < 1.29 is 26.2 Å². The van der Waals surface area contributed by atoms with Crippen LogP contribution in [0, 0.1) is 6.07 Å². The average molecular weight is 795 g/mol. The van der Waals surface area contributed by atoms with Gasteiger partial charge in [-0.15, -0.1) is 29.3 Å². The van der Waals surface area contributed by atoms with Crippen LogP contribution in [-0.2, 0) is 37.3 Å². The number of hydrogen-bond donors (Lipinski definition) is 1. The Labute approximate surface area is 288 Å². The molecule has 0 saturated heterocycles. The van der Waals surface area contributed by atoms with Crippen molar-refractivity contribution in [3.8, 4) is 39.4 Å². The Morgan fingerprint density at radius 3 is 1.76 bits per heavy atom. The number of benzene rings is 3. The number of hydrogen-bond acceptors (Lipinski definition) is 4. The number of pyridine rings is 2. The summed E-state index contributed by atoms with van der Waals surface area (Å²) < 4.78 is 0. The SMILES string of the molecule is CC(C)(C)c1cc(Sc2ccccn2)[c-]c(-c2cc(-c3cc(C(C)(C)C)cc(C(C)(C)C)c3)cc(-c3ccccc3O)n2)c1.[Pt].